The standard InChI is InChI=1S/C16H7Cl2NO4/c17-13(20)10-6-3-7-11(12(10)14(18)21)19-15(22)8-4-1-2-5-9(8)16(19)23/h1-7H. The first-order valence-electron chi connectivity index (χ1n) is 6.44. The van der Waals surface area contributed by atoms with E-state index in [1.54, 1.807) is 12.1 Å². The Labute approximate surface area is 140 Å². The third-order valence-electron chi connectivity index (χ3n) is 3.49. The van der Waals surface area contributed by atoms with Crippen molar-refractivity contribution in [1.29, 1.82) is 0 Å². The largest absolute Gasteiger partial charge is 0.276 e. The molecule has 0 N–H and O–H groups in total. The van der Waals surface area contributed by atoms with Crippen LogP contribution in [0.25, 0.3) is 0 Å². The van der Waals surface area contributed by atoms with Crippen LogP contribution in [0.1, 0.15) is 41.4 Å². The van der Waals surface area contributed by atoms with Crippen LogP contribution in [0.2, 0.25) is 0 Å². The summed E-state index contributed by atoms with van der Waals surface area (Å²) in [6.07, 6.45) is 0. The smallest absolute Gasteiger partial charge is 0.266 e. The maximum atomic E-state index is 12.5. The van der Waals surface area contributed by atoms with Gasteiger partial charge in [0.25, 0.3) is 22.3 Å². The molecule has 2 aromatic rings. The SMILES string of the molecule is O=C(Cl)c1cccc(N2C(=O)c3ccccc3C2=O)c1C(=O)Cl. The summed E-state index contributed by atoms with van der Waals surface area (Å²) in [5, 5.41) is -1.89. The molecule has 1 heterocycles. The number of fused-ring (bicyclic) bond motifs is 1. The summed E-state index contributed by atoms with van der Waals surface area (Å²) in [7, 11) is 0. The summed E-state index contributed by atoms with van der Waals surface area (Å²) in [6.45, 7) is 0. The molecule has 1 aliphatic heterocycles. The molecule has 0 saturated heterocycles. The minimum absolute atomic E-state index is 0.0669. The van der Waals surface area contributed by atoms with Crippen LogP contribution < -0.4 is 4.90 Å². The first kappa shape index (κ1) is 15.4. The lowest BCUT2D eigenvalue weighted by molar-refractivity contribution is 0.0924. The van der Waals surface area contributed by atoms with Gasteiger partial charge in [0.05, 0.1) is 22.4 Å². The maximum absolute atomic E-state index is 12.5. The minimum atomic E-state index is -0.985. The number of hydrogen-bond donors (Lipinski definition) is 0. The topological polar surface area (TPSA) is 71.5 Å². The Balaban J connectivity index is 2.23. The van der Waals surface area contributed by atoms with Gasteiger partial charge in [-0.2, -0.15) is 0 Å². The molecule has 2 amide bonds. The van der Waals surface area contributed by atoms with Crippen molar-refractivity contribution in [2.24, 2.45) is 0 Å². The summed E-state index contributed by atoms with van der Waals surface area (Å²) in [6, 6.07) is 10.3. The number of amides is 2. The Morgan fingerprint density at radius 3 is 1.83 bits per heavy atom. The van der Waals surface area contributed by atoms with E-state index in [9.17, 15) is 19.2 Å². The number of hydrogen-bond acceptors (Lipinski definition) is 4. The minimum Gasteiger partial charge on any atom is -0.276 e. The molecule has 23 heavy (non-hydrogen) atoms. The fourth-order valence-corrected chi connectivity index (χ4v) is 2.86. The van der Waals surface area contributed by atoms with E-state index in [4.69, 9.17) is 23.2 Å². The molecular weight excluding hydrogens is 341 g/mol. The molecule has 0 spiro atoms. The average molecular weight is 348 g/mol. The van der Waals surface area contributed by atoms with Gasteiger partial charge in [-0.15, -0.1) is 0 Å². The highest BCUT2D eigenvalue weighted by Gasteiger charge is 2.38. The van der Waals surface area contributed by atoms with Gasteiger partial charge in [-0.1, -0.05) is 18.2 Å². The van der Waals surface area contributed by atoms with E-state index < -0.39 is 22.3 Å². The van der Waals surface area contributed by atoms with E-state index in [2.05, 4.69) is 0 Å². The summed E-state index contributed by atoms with van der Waals surface area (Å²) in [5.74, 6) is -1.19. The van der Waals surface area contributed by atoms with Crippen LogP contribution in [0, 0.1) is 0 Å². The van der Waals surface area contributed by atoms with Gasteiger partial charge in [0.1, 0.15) is 0 Å². The van der Waals surface area contributed by atoms with E-state index >= 15 is 0 Å². The Hall–Kier alpha value is -2.50. The average Bonchev–Trinajstić information content (AvgIpc) is 2.78. The van der Waals surface area contributed by atoms with Gasteiger partial charge in [-0.3, -0.25) is 19.2 Å². The monoisotopic (exact) mass is 347 g/mol. The van der Waals surface area contributed by atoms with E-state index in [1.807, 2.05) is 0 Å². The van der Waals surface area contributed by atoms with Gasteiger partial charge in [-0.25, -0.2) is 4.90 Å². The molecule has 0 fully saturated rings. The van der Waals surface area contributed by atoms with Crippen molar-refractivity contribution < 1.29 is 19.2 Å². The third kappa shape index (κ3) is 2.34. The van der Waals surface area contributed by atoms with Crippen LogP contribution in [0.3, 0.4) is 0 Å². The summed E-state index contributed by atoms with van der Waals surface area (Å²) in [4.78, 5) is 49.0. The summed E-state index contributed by atoms with van der Waals surface area (Å²) < 4.78 is 0. The fraction of sp³-hybridized carbons (Fsp3) is 0. The zero-order valence-corrected chi connectivity index (χ0v) is 12.9. The van der Waals surface area contributed by atoms with E-state index in [0.717, 1.165) is 4.90 Å². The van der Waals surface area contributed by atoms with Crippen molar-refractivity contribution in [2.75, 3.05) is 4.90 Å². The lowest BCUT2D eigenvalue weighted by Crippen LogP contribution is -2.31. The number of halogens is 2. The number of carbonyl (C=O) groups excluding carboxylic acids is 4. The predicted molar refractivity (Wildman–Crippen MR) is 84.4 cm³/mol. The van der Waals surface area contributed by atoms with Gasteiger partial charge in [0.2, 0.25) is 0 Å². The van der Waals surface area contributed by atoms with Crippen LogP contribution >= 0.6 is 23.2 Å². The van der Waals surface area contributed by atoms with Crippen molar-refractivity contribution in [2.45, 2.75) is 0 Å². The zero-order chi connectivity index (χ0) is 16.7. The molecule has 0 aromatic heterocycles. The first-order valence-corrected chi connectivity index (χ1v) is 7.19. The number of benzene rings is 2. The van der Waals surface area contributed by atoms with Crippen molar-refractivity contribution in [3.8, 4) is 0 Å². The molecule has 2 aromatic carbocycles. The second kappa shape index (κ2) is 5.61. The van der Waals surface area contributed by atoms with Crippen molar-refractivity contribution in [3.63, 3.8) is 0 Å². The van der Waals surface area contributed by atoms with E-state index in [1.165, 1.54) is 30.3 Å². The maximum Gasteiger partial charge on any atom is 0.266 e. The number of rotatable bonds is 3. The molecule has 0 aliphatic carbocycles. The molecular formula is C16H7Cl2NO4. The molecule has 0 unspecified atom stereocenters. The lowest BCUT2D eigenvalue weighted by Gasteiger charge is -2.17. The quantitative estimate of drug-likeness (QED) is 0.631. The third-order valence-corrected chi connectivity index (χ3v) is 3.88. The molecule has 0 saturated carbocycles. The Kier molecular flexibility index (Phi) is 3.75. The highest BCUT2D eigenvalue weighted by molar-refractivity contribution is 6.72. The van der Waals surface area contributed by atoms with Gasteiger partial charge < -0.3 is 0 Å². The van der Waals surface area contributed by atoms with Crippen molar-refractivity contribution in [3.05, 3.63) is 64.7 Å². The number of anilines is 1. The molecule has 3 rings (SSSR count). The van der Waals surface area contributed by atoms with Crippen LogP contribution in [0.4, 0.5) is 5.69 Å². The van der Waals surface area contributed by atoms with Gasteiger partial charge in [0, 0.05) is 5.56 Å². The fourth-order valence-electron chi connectivity index (χ4n) is 2.50. The Morgan fingerprint density at radius 1 is 0.783 bits per heavy atom. The van der Waals surface area contributed by atoms with Crippen LogP contribution in [-0.4, -0.2) is 22.3 Å². The molecule has 5 nitrogen and oxygen atoms in total. The number of imide groups is 1. The normalized spacial score (nSPS) is 13.2. The molecule has 0 radical (unpaired) electrons. The lowest BCUT2D eigenvalue weighted by atomic mass is 10.1. The molecule has 7 heteroatoms. The van der Waals surface area contributed by atoms with Crippen LogP contribution in [0.5, 0.6) is 0 Å². The number of nitrogens with zero attached hydrogens (tertiary/aromatic N) is 1. The van der Waals surface area contributed by atoms with Crippen LogP contribution in [0.15, 0.2) is 42.5 Å². The Bertz CT molecular complexity index is 856. The van der Waals surface area contributed by atoms with E-state index in [-0.39, 0.29) is 27.9 Å². The van der Waals surface area contributed by atoms with Crippen molar-refractivity contribution in [1.82, 2.24) is 0 Å². The Morgan fingerprint density at radius 2 is 1.35 bits per heavy atom. The van der Waals surface area contributed by atoms with Crippen LogP contribution in [-0.2, 0) is 0 Å². The highest BCUT2D eigenvalue weighted by Crippen LogP contribution is 2.33. The second-order valence-electron chi connectivity index (χ2n) is 4.74. The van der Waals surface area contributed by atoms with Crippen molar-refractivity contribution >= 4 is 51.2 Å². The van der Waals surface area contributed by atoms with E-state index in [0.29, 0.717) is 0 Å². The van der Waals surface area contributed by atoms with Gasteiger partial charge in [0.15, 0.2) is 0 Å². The molecule has 114 valence electrons. The highest BCUT2D eigenvalue weighted by atomic mass is 35.5. The summed E-state index contributed by atoms with van der Waals surface area (Å²) >= 11 is 11.0. The van der Waals surface area contributed by atoms with Gasteiger partial charge >= 0.3 is 0 Å². The first-order chi connectivity index (χ1) is 10.9. The molecule has 0 bridgehead atoms. The summed E-state index contributed by atoms with van der Waals surface area (Å²) in [5.41, 5.74) is -0.0757. The molecule has 1 aliphatic rings. The predicted octanol–water partition coefficient (Wildman–Crippen LogP) is 3.25. The molecule has 0 atom stereocenters. The second-order valence-corrected chi connectivity index (χ2v) is 5.42. The van der Waals surface area contributed by atoms with Gasteiger partial charge in [-0.05, 0) is 47.5 Å². The number of carbonyl (C=O) groups is 4. The zero-order valence-electron chi connectivity index (χ0n) is 11.4.